The van der Waals surface area contributed by atoms with Crippen molar-refractivity contribution in [3.05, 3.63) is 60.7 Å². The lowest BCUT2D eigenvalue weighted by atomic mass is 9.90. The second-order valence-electron chi connectivity index (χ2n) is 8.39. The maximum Gasteiger partial charge on any atom is 0.270 e. The number of nitrogens with zero attached hydrogens (tertiary/aromatic N) is 1. The van der Waals surface area contributed by atoms with Gasteiger partial charge < -0.3 is 21.3 Å². The SMILES string of the molecule is C=CC(=O)Nc1cccc(-c2ccc(N)c(C(=N)C(=O)NC3CCC(N(C)C)CC3)c2)c1. The van der Waals surface area contributed by atoms with Crippen LogP contribution in [0.5, 0.6) is 0 Å². The van der Waals surface area contributed by atoms with E-state index in [4.69, 9.17) is 11.1 Å². The highest BCUT2D eigenvalue weighted by Crippen LogP contribution is 2.27. The van der Waals surface area contributed by atoms with E-state index in [9.17, 15) is 9.59 Å². The van der Waals surface area contributed by atoms with E-state index in [1.807, 2.05) is 24.3 Å². The number of nitrogen functional groups attached to an aromatic ring is 1. The largest absolute Gasteiger partial charge is 0.398 e. The molecule has 1 fully saturated rings. The molecule has 1 aliphatic carbocycles. The molecule has 0 bridgehead atoms. The fraction of sp³-hybridized carbons (Fsp3) is 0.320. The van der Waals surface area contributed by atoms with Gasteiger partial charge in [-0.2, -0.15) is 0 Å². The van der Waals surface area contributed by atoms with Crippen LogP contribution in [-0.4, -0.2) is 48.6 Å². The number of amides is 2. The minimum Gasteiger partial charge on any atom is -0.398 e. The molecule has 0 heterocycles. The lowest BCUT2D eigenvalue weighted by Gasteiger charge is -2.33. The van der Waals surface area contributed by atoms with Gasteiger partial charge in [0.2, 0.25) is 5.91 Å². The van der Waals surface area contributed by atoms with Crippen molar-refractivity contribution in [1.82, 2.24) is 10.2 Å². The van der Waals surface area contributed by atoms with E-state index >= 15 is 0 Å². The fourth-order valence-corrected chi connectivity index (χ4v) is 4.04. The van der Waals surface area contributed by atoms with Gasteiger partial charge in [0.25, 0.3) is 5.91 Å². The van der Waals surface area contributed by atoms with E-state index in [0.29, 0.717) is 23.0 Å². The van der Waals surface area contributed by atoms with E-state index in [1.165, 1.54) is 6.08 Å². The summed E-state index contributed by atoms with van der Waals surface area (Å²) in [4.78, 5) is 26.6. The van der Waals surface area contributed by atoms with Gasteiger partial charge in [-0.3, -0.25) is 15.0 Å². The van der Waals surface area contributed by atoms with E-state index in [1.54, 1.807) is 18.2 Å². The predicted octanol–water partition coefficient (Wildman–Crippen LogP) is 3.42. The maximum absolute atomic E-state index is 12.8. The Balaban J connectivity index is 1.73. The molecule has 0 unspecified atom stereocenters. The van der Waals surface area contributed by atoms with Gasteiger partial charge in [-0.1, -0.05) is 24.8 Å². The standard InChI is InChI=1S/C25H31N5O2/c1-4-23(31)28-19-7-5-6-16(14-19)17-8-13-22(26)21(15-17)24(27)25(32)29-18-9-11-20(12-10-18)30(2)3/h4-8,13-15,18,20,27H,1,9-12,26H2,2-3H3,(H,28,31)(H,29,32). The molecule has 0 spiro atoms. The average molecular weight is 434 g/mol. The number of benzene rings is 2. The first kappa shape index (κ1) is 23.2. The van der Waals surface area contributed by atoms with Crippen LogP contribution in [0.1, 0.15) is 31.2 Å². The topological polar surface area (TPSA) is 111 Å². The van der Waals surface area contributed by atoms with Crippen molar-refractivity contribution in [2.45, 2.75) is 37.8 Å². The van der Waals surface area contributed by atoms with Crippen LogP contribution < -0.4 is 16.4 Å². The molecular weight excluding hydrogens is 402 g/mol. The Labute approximate surface area is 189 Å². The number of carbonyl (C=O) groups is 2. The summed E-state index contributed by atoms with van der Waals surface area (Å²) in [5.41, 5.74) is 9.00. The Hall–Kier alpha value is -3.45. The number of hydrogen-bond acceptors (Lipinski definition) is 5. The van der Waals surface area contributed by atoms with Gasteiger partial charge in [-0.15, -0.1) is 0 Å². The molecule has 7 nitrogen and oxygen atoms in total. The summed E-state index contributed by atoms with van der Waals surface area (Å²) in [6.45, 7) is 3.46. The van der Waals surface area contributed by atoms with E-state index in [-0.39, 0.29) is 17.7 Å². The van der Waals surface area contributed by atoms with Gasteiger partial charge in [-0.25, -0.2) is 0 Å². The molecule has 0 saturated heterocycles. The van der Waals surface area contributed by atoms with Crippen LogP contribution in [-0.2, 0) is 9.59 Å². The molecule has 168 valence electrons. The molecule has 0 atom stereocenters. The third-order valence-electron chi connectivity index (χ3n) is 5.96. The van der Waals surface area contributed by atoms with Crippen molar-refractivity contribution < 1.29 is 9.59 Å². The molecule has 0 radical (unpaired) electrons. The molecule has 0 aliphatic heterocycles. The molecule has 1 saturated carbocycles. The normalized spacial score (nSPS) is 18.1. The predicted molar refractivity (Wildman–Crippen MR) is 130 cm³/mol. The first-order chi connectivity index (χ1) is 15.3. The minimum absolute atomic E-state index is 0.0774. The van der Waals surface area contributed by atoms with Crippen LogP contribution in [0.3, 0.4) is 0 Å². The van der Waals surface area contributed by atoms with Gasteiger partial charge in [0.1, 0.15) is 5.71 Å². The Kier molecular flexibility index (Phi) is 7.43. The zero-order valence-corrected chi connectivity index (χ0v) is 18.7. The van der Waals surface area contributed by atoms with Crippen molar-refractivity contribution in [3.63, 3.8) is 0 Å². The summed E-state index contributed by atoms with van der Waals surface area (Å²) < 4.78 is 0. The number of nitrogens with one attached hydrogen (secondary N) is 3. The summed E-state index contributed by atoms with van der Waals surface area (Å²) >= 11 is 0. The fourth-order valence-electron chi connectivity index (χ4n) is 4.04. The quantitative estimate of drug-likeness (QED) is 0.305. The average Bonchev–Trinajstić information content (AvgIpc) is 2.79. The summed E-state index contributed by atoms with van der Waals surface area (Å²) in [7, 11) is 4.16. The zero-order valence-electron chi connectivity index (χ0n) is 18.7. The maximum atomic E-state index is 12.8. The van der Waals surface area contributed by atoms with Crippen LogP contribution in [0, 0.1) is 5.41 Å². The van der Waals surface area contributed by atoms with E-state index in [0.717, 1.165) is 36.8 Å². The van der Waals surface area contributed by atoms with Gasteiger partial charge in [0.15, 0.2) is 0 Å². The molecule has 2 amide bonds. The van der Waals surface area contributed by atoms with Crippen molar-refractivity contribution in [3.8, 4) is 11.1 Å². The lowest BCUT2D eigenvalue weighted by molar-refractivity contribution is -0.115. The van der Waals surface area contributed by atoms with Crippen molar-refractivity contribution in [2.24, 2.45) is 0 Å². The third kappa shape index (κ3) is 5.62. The zero-order chi connectivity index (χ0) is 23.3. The molecule has 3 rings (SSSR count). The van der Waals surface area contributed by atoms with Crippen molar-refractivity contribution in [1.29, 1.82) is 5.41 Å². The van der Waals surface area contributed by atoms with E-state index < -0.39 is 5.91 Å². The van der Waals surface area contributed by atoms with Gasteiger partial charge in [0.05, 0.1) is 0 Å². The molecular formula is C25H31N5O2. The van der Waals surface area contributed by atoms with Crippen LogP contribution in [0.15, 0.2) is 55.1 Å². The monoisotopic (exact) mass is 433 g/mol. The molecule has 7 heteroatoms. The highest BCUT2D eigenvalue weighted by atomic mass is 16.2. The Morgan fingerprint density at radius 2 is 1.78 bits per heavy atom. The molecule has 0 aromatic heterocycles. The van der Waals surface area contributed by atoms with Crippen LogP contribution in [0.4, 0.5) is 11.4 Å². The van der Waals surface area contributed by atoms with Gasteiger partial charge in [-0.05, 0) is 81.2 Å². The van der Waals surface area contributed by atoms with E-state index in [2.05, 4.69) is 36.2 Å². The first-order valence-electron chi connectivity index (χ1n) is 10.8. The Morgan fingerprint density at radius 1 is 1.09 bits per heavy atom. The highest BCUT2D eigenvalue weighted by Gasteiger charge is 2.25. The molecule has 1 aliphatic rings. The number of anilines is 2. The minimum atomic E-state index is -0.408. The van der Waals surface area contributed by atoms with Gasteiger partial charge in [0, 0.05) is 29.0 Å². The van der Waals surface area contributed by atoms with Gasteiger partial charge >= 0.3 is 0 Å². The smallest absolute Gasteiger partial charge is 0.270 e. The Morgan fingerprint density at radius 3 is 2.44 bits per heavy atom. The van der Waals surface area contributed by atoms with Crippen molar-refractivity contribution in [2.75, 3.05) is 25.1 Å². The van der Waals surface area contributed by atoms with Crippen LogP contribution in [0.2, 0.25) is 0 Å². The summed E-state index contributed by atoms with van der Waals surface area (Å²) in [5, 5.41) is 14.2. The number of carbonyl (C=O) groups excluding carboxylic acids is 2. The second-order valence-corrected chi connectivity index (χ2v) is 8.39. The number of rotatable bonds is 7. The Bertz CT molecular complexity index is 1020. The second kappa shape index (κ2) is 10.2. The number of hydrogen-bond donors (Lipinski definition) is 4. The van der Waals surface area contributed by atoms with Crippen LogP contribution >= 0.6 is 0 Å². The van der Waals surface area contributed by atoms with Crippen molar-refractivity contribution >= 4 is 28.9 Å². The van der Waals surface area contributed by atoms with Crippen LogP contribution in [0.25, 0.3) is 11.1 Å². The number of nitrogens with two attached hydrogens (primary N) is 1. The highest BCUT2D eigenvalue weighted by molar-refractivity contribution is 6.45. The lowest BCUT2D eigenvalue weighted by Crippen LogP contribution is -2.44. The summed E-state index contributed by atoms with van der Waals surface area (Å²) in [6, 6.07) is 13.2. The third-order valence-corrected chi connectivity index (χ3v) is 5.96. The summed E-state index contributed by atoms with van der Waals surface area (Å²) in [5.74, 6) is -0.702. The summed E-state index contributed by atoms with van der Waals surface area (Å²) in [6.07, 6.45) is 5.07. The molecule has 5 N–H and O–H groups in total. The first-order valence-corrected chi connectivity index (χ1v) is 10.8. The molecule has 2 aromatic rings. The molecule has 2 aromatic carbocycles. The molecule has 32 heavy (non-hydrogen) atoms.